The first kappa shape index (κ1) is 14.5. The number of hydrogen-bond donors (Lipinski definition) is 0. The molecule has 2 rings (SSSR count). The number of ether oxygens (including phenoxy) is 3. The number of hydrogen-bond acceptors (Lipinski definition) is 5. The van der Waals surface area contributed by atoms with E-state index in [4.69, 9.17) is 14.2 Å². The highest BCUT2D eigenvalue weighted by Crippen LogP contribution is 2.41. The van der Waals surface area contributed by atoms with Crippen molar-refractivity contribution in [3.05, 3.63) is 0 Å². The number of carbonyl (C=O) groups excluding carboxylic acids is 2. The normalized spacial score (nSPS) is 29.5. The van der Waals surface area contributed by atoms with Gasteiger partial charge < -0.3 is 14.2 Å². The molecule has 5 nitrogen and oxygen atoms in total. The lowest BCUT2D eigenvalue weighted by Gasteiger charge is -2.30. The molecule has 0 aromatic rings. The zero-order valence-corrected chi connectivity index (χ0v) is 13.8. The zero-order valence-electron chi connectivity index (χ0n) is 11.8. The number of esters is 2. The third kappa shape index (κ3) is 4.31. The largest absolute Gasteiger partial charge is 0.428 e. The highest BCUT2D eigenvalue weighted by molar-refractivity contribution is 6.14. The van der Waals surface area contributed by atoms with Crippen LogP contribution < -0.4 is 0 Å². The van der Waals surface area contributed by atoms with E-state index in [1.165, 1.54) is 13.8 Å². The lowest BCUT2D eigenvalue weighted by atomic mass is 9.86. The summed E-state index contributed by atoms with van der Waals surface area (Å²) in [5.41, 5.74) is -1.00. The molecule has 1 aliphatic carbocycles. The summed E-state index contributed by atoms with van der Waals surface area (Å²) in [5, 5.41) is 0. The number of epoxide rings is 1. The molecular weight excluding hydrogens is 264 g/mol. The highest BCUT2D eigenvalue weighted by Gasteiger charge is 2.44. The molecule has 0 amide bonds. The van der Waals surface area contributed by atoms with Crippen molar-refractivity contribution in [2.24, 2.45) is 5.92 Å². The van der Waals surface area contributed by atoms with Gasteiger partial charge in [0.25, 0.3) is 0 Å². The molecule has 3 unspecified atom stereocenters. The van der Waals surface area contributed by atoms with E-state index in [-0.39, 0.29) is 0 Å². The fourth-order valence-electron chi connectivity index (χ4n) is 2.95. The Morgan fingerprint density at radius 3 is 2.37 bits per heavy atom. The third-order valence-corrected chi connectivity index (χ3v) is 4.75. The average molecular weight is 286 g/mol. The van der Waals surface area contributed by atoms with Gasteiger partial charge in [-0.3, -0.25) is 9.59 Å². The smallest absolute Gasteiger partial charge is 0.305 e. The van der Waals surface area contributed by atoms with Crippen molar-refractivity contribution in [2.75, 3.05) is 0 Å². The molecule has 1 aliphatic heterocycles. The lowest BCUT2D eigenvalue weighted by molar-refractivity contribution is -0.200. The highest BCUT2D eigenvalue weighted by atomic mass is 28.1. The van der Waals surface area contributed by atoms with Crippen molar-refractivity contribution in [3.63, 3.8) is 0 Å². The van der Waals surface area contributed by atoms with Gasteiger partial charge in [0, 0.05) is 20.3 Å². The van der Waals surface area contributed by atoms with E-state index in [9.17, 15) is 9.59 Å². The van der Waals surface area contributed by atoms with E-state index in [2.05, 4.69) is 0 Å². The summed E-state index contributed by atoms with van der Waals surface area (Å²) < 4.78 is 16.0. The average Bonchev–Trinajstić information content (AvgIpc) is 3.02. The lowest BCUT2D eigenvalue weighted by Crippen LogP contribution is -2.40. The third-order valence-electron chi connectivity index (χ3n) is 3.84. The van der Waals surface area contributed by atoms with Crippen molar-refractivity contribution >= 4 is 22.2 Å². The van der Waals surface area contributed by atoms with E-state index in [1.807, 2.05) is 0 Å². The summed E-state index contributed by atoms with van der Waals surface area (Å²) in [6, 6.07) is 0. The first-order valence-electron chi connectivity index (χ1n) is 6.92. The number of carbonyl (C=O) groups is 2. The molecule has 108 valence electrons. The summed E-state index contributed by atoms with van der Waals surface area (Å²) in [4.78, 5) is 22.3. The monoisotopic (exact) mass is 286 g/mol. The minimum atomic E-state index is -1.00. The molecule has 3 atom stereocenters. The van der Waals surface area contributed by atoms with Gasteiger partial charge in [0.15, 0.2) is 0 Å². The summed E-state index contributed by atoms with van der Waals surface area (Å²) in [6.45, 7) is 2.69. The maximum atomic E-state index is 11.1. The summed E-state index contributed by atoms with van der Waals surface area (Å²) in [7, 11) is 0.482. The molecule has 1 saturated carbocycles. The van der Waals surface area contributed by atoms with Gasteiger partial charge in [-0.2, -0.15) is 0 Å². The van der Waals surface area contributed by atoms with Crippen LogP contribution in [0.25, 0.3) is 0 Å². The Labute approximate surface area is 116 Å². The molecule has 2 fully saturated rings. The molecular formula is C13H22O5Si. The first-order valence-corrected chi connectivity index (χ1v) is 7.92. The molecule has 0 aromatic heterocycles. The van der Waals surface area contributed by atoms with Gasteiger partial charge in [0.1, 0.15) is 10.2 Å². The van der Waals surface area contributed by atoms with Crippen molar-refractivity contribution in [2.45, 2.75) is 63.6 Å². The van der Waals surface area contributed by atoms with Gasteiger partial charge in [0.05, 0.1) is 12.2 Å². The van der Waals surface area contributed by atoms with Crippen LogP contribution in [0.15, 0.2) is 0 Å². The standard InChI is InChI=1S/C13H22O5Si/c1-8(14)17-13(19,18-9(2)15)6-5-10-3-4-11-12(7-10)16-11/h10-12H,3-7H2,1-2,19H3. The van der Waals surface area contributed by atoms with Crippen LogP contribution in [0.3, 0.4) is 0 Å². The second kappa shape index (κ2) is 5.62. The minimum absolute atomic E-state index is 0.398. The van der Waals surface area contributed by atoms with Gasteiger partial charge in [-0.25, -0.2) is 0 Å². The van der Waals surface area contributed by atoms with Crippen molar-refractivity contribution in [1.29, 1.82) is 0 Å². The Bertz CT molecular complexity index is 354. The molecule has 0 spiro atoms. The summed E-state index contributed by atoms with van der Waals surface area (Å²) >= 11 is 0. The maximum Gasteiger partial charge on any atom is 0.305 e. The fourth-order valence-corrected chi connectivity index (χ4v) is 3.81. The quantitative estimate of drug-likeness (QED) is 0.318. The van der Waals surface area contributed by atoms with Crippen molar-refractivity contribution in [3.8, 4) is 0 Å². The van der Waals surface area contributed by atoms with Crippen LogP contribution in [0.5, 0.6) is 0 Å². The molecule has 0 radical (unpaired) electrons. The molecule has 19 heavy (non-hydrogen) atoms. The van der Waals surface area contributed by atoms with E-state index < -0.39 is 17.3 Å². The van der Waals surface area contributed by atoms with Gasteiger partial charge in [-0.1, -0.05) is 0 Å². The first-order chi connectivity index (χ1) is 8.88. The summed E-state index contributed by atoms with van der Waals surface area (Å²) in [6.07, 6.45) is 5.83. The summed E-state index contributed by atoms with van der Waals surface area (Å²) in [5.74, 6) is -0.209. The Morgan fingerprint density at radius 2 is 1.84 bits per heavy atom. The topological polar surface area (TPSA) is 65.1 Å². The molecule has 6 heteroatoms. The van der Waals surface area contributed by atoms with Gasteiger partial charge in [-0.05, 0) is 31.6 Å². The Balaban J connectivity index is 1.84. The maximum absolute atomic E-state index is 11.1. The molecule has 2 aliphatic rings. The van der Waals surface area contributed by atoms with Crippen molar-refractivity contribution < 1.29 is 23.8 Å². The molecule has 0 aromatic carbocycles. The Hall–Kier alpha value is -0.883. The molecule has 0 N–H and O–H groups in total. The van der Waals surface area contributed by atoms with E-state index in [0.29, 0.717) is 34.8 Å². The van der Waals surface area contributed by atoms with Gasteiger partial charge >= 0.3 is 11.9 Å². The van der Waals surface area contributed by atoms with Crippen LogP contribution in [0.1, 0.15) is 46.0 Å². The number of rotatable bonds is 5. The fraction of sp³-hybridized carbons (Fsp3) is 0.846. The molecule has 1 heterocycles. The predicted octanol–water partition coefficient (Wildman–Crippen LogP) is 0.479. The molecule has 1 saturated heterocycles. The predicted molar refractivity (Wildman–Crippen MR) is 71.4 cm³/mol. The Morgan fingerprint density at radius 1 is 1.21 bits per heavy atom. The van der Waals surface area contributed by atoms with Crippen LogP contribution in [-0.4, -0.2) is 39.8 Å². The van der Waals surface area contributed by atoms with E-state index >= 15 is 0 Å². The zero-order chi connectivity index (χ0) is 14.0. The van der Waals surface area contributed by atoms with E-state index in [1.54, 1.807) is 0 Å². The van der Waals surface area contributed by atoms with Crippen molar-refractivity contribution in [1.82, 2.24) is 0 Å². The van der Waals surface area contributed by atoms with Crippen LogP contribution in [0.2, 0.25) is 0 Å². The van der Waals surface area contributed by atoms with Crippen LogP contribution in [-0.2, 0) is 23.8 Å². The molecule has 0 bridgehead atoms. The Kier molecular flexibility index (Phi) is 4.30. The second-order valence-electron chi connectivity index (χ2n) is 5.75. The minimum Gasteiger partial charge on any atom is -0.428 e. The van der Waals surface area contributed by atoms with Crippen LogP contribution >= 0.6 is 0 Å². The SMILES string of the molecule is CC(=O)OC([SiH3])(CCC1CCC2OC2C1)OC(C)=O. The second-order valence-corrected chi connectivity index (χ2v) is 7.28. The van der Waals surface area contributed by atoms with Crippen LogP contribution in [0.4, 0.5) is 0 Å². The van der Waals surface area contributed by atoms with Crippen LogP contribution in [0, 0.1) is 5.92 Å². The van der Waals surface area contributed by atoms with Gasteiger partial charge in [0.2, 0.25) is 5.41 Å². The number of fused-ring (bicyclic) bond motifs is 1. The van der Waals surface area contributed by atoms with E-state index in [0.717, 1.165) is 25.7 Å². The van der Waals surface area contributed by atoms with Gasteiger partial charge in [-0.15, -0.1) is 0 Å².